The zero-order valence-corrected chi connectivity index (χ0v) is 8.87. The van der Waals surface area contributed by atoms with Crippen LogP contribution in [0.4, 0.5) is 0 Å². The molecule has 0 spiro atoms. The molecule has 1 saturated carbocycles. The third-order valence-electron chi connectivity index (χ3n) is 4.08. The highest BCUT2D eigenvalue weighted by molar-refractivity contribution is 5.76. The Morgan fingerprint density at radius 2 is 1.60 bits per heavy atom. The van der Waals surface area contributed by atoms with Gasteiger partial charge in [-0.15, -0.1) is 0 Å². The quantitative estimate of drug-likeness (QED) is 0.724. The van der Waals surface area contributed by atoms with E-state index >= 15 is 0 Å². The van der Waals surface area contributed by atoms with Crippen LogP contribution >= 0.6 is 0 Å². The number of aliphatic hydroxyl groups is 1. The maximum atomic E-state index is 11.5. The monoisotopic (exact) mass is 214 g/mol. The maximum absolute atomic E-state index is 11.5. The van der Waals surface area contributed by atoms with Gasteiger partial charge in [-0.1, -0.05) is 12.8 Å². The van der Waals surface area contributed by atoms with E-state index in [4.69, 9.17) is 4.74 Å². The number of hydrogen-bond acceptors (Lipinski definition) is 3. The van der Waals surface area contributed by atoms with Crippen LogP contribution in [0.15, 0.2) is 0 Å². The van der Waals surface area contributed by atoms with Gasteiger partial charge >= 0.3 is 5.97 Å². The second-order valence-electron chi connectivity index (χ2n) is 4.74. The Morgan fingerprint density at radius 1 is 1.07 bits per heavy atom. The van der Waals surface area contributed by atoms with E-state index in [2.05, 4.69) is 0 Å². The number of carboxylic acid groups (broad SMARTS) is 1. The van der Waals surface area contributed by atoms with Crippen molar-refractivity contribution in [2.24, 2.45) is 5.41 Å². The summed E-state index contributed by atoms with van der Waals surface area (Å²) >= 11 is 0. The van der Waals surface area contributed by atoms with Crippen molar-refractivity contribution in [1.82, 2.24) is 0 Å². The highest BCUT2D eigenvalue weighted by Crippen LogP contribution is 2.49. The molecule has 0 aromatic heterocycles. The molecule has 0 unspecified atom stereocenters. The van der Waals surface area contributed by atoms with E-state index in [0.717, 1.165) is 12.8 Å². The van der Waals surface area contributed by atoms with Crippen LogP contribution in [0.2, 0.25) is 0 Å². The second-order valence-corrected chi connectivity index (χ2v) is 4.74. The number of aliphatic carboxylic acids is 1. The summed E-state index contributed by atoms with van der Waals surface area (Å²) in [6.07, 6.45) is 4.01. The van der Waals surface area contributed by atoms with E-state index in [9.17, 15) is 15.0 Å². The van der Waals surface area contributed by atoms with Crippen molar-refractivity contribution in [2.45, 2.75) is 44.1 Å². The topological polar surface area (TPSA) is 66.8 Å². The van der Waals surface area contributed by atoms with Gasteiger partial charge in [0.2, 0.25) is 0 Å². The summed E-state index contributed by atoms with van der Waals surface area (Å²) in [4.78, 5) is 11.5. The molecule has 1 saturated heterocycles. The number of rotatable bonds is 2. The van der Waals surface area contributed by atoms with Crippen molar-refractivity contribution in [3.05, 3.63) is 0 Å². The summed E-state index contributed by atoms with van der Waals surface area (Å²) in [5, 5.41) is 19.9. The molecular weight excluding hydrogens is 196 g/mol. The van der Waals surface area contributed by atoms with Gasteiger partial charge in [-0.2, -0.15) is 0 Å². The molecule has 0 atom stereocenters. The largest absolute Gasteiger partial charge is 0.481 e. The zero-order chi connectivity index (χ0) is 10.9. The molecule has 2 fully saturated rings. The van der Waals surface area contributed by atoms with Crippen molar-refractivity contribution in [2.75, 3.05) is 13.2 Å². The molecule has 1 heterocycles. The lowest BCUT2D eigenvalue weighted by Gasteiger charge is -2.44. The lowest BCUT2D eigenvalue weighted by molar-refractivity contribution is -0.183. The molecule has 0 bridgehead atoms. The molecule has 0 aromatic carbocycles. The average Bonchev–Trinajstić information content (AvgIpc) is 2.67. The molecule has 1 aliphatic carbocycles. The van der Waals surface area contributed by atoms with Crippen LogP contribution in [-0.4, -0.2) is 35.0 Å². The smallest absolute Gasteiger partial charge is 0.312 e. The van der Waals surface area contributed by atoms with Gasteiger partial charge in [-0.05, 0) is 25.7 Å². The fraction of sp³-hybridized carbons (Fsp3) is 0.909. The summed E-state index contributed by atoms with van der Waals surface area (Å²) in [7, 11) is 0. The van der Waals surface area contributed by atoms with Crippen molar-refractivity contribution in [3.8, 4) is 0 Å². The Morgan fingerprint density at radius 3 is 2.07 bits per heavy atom. The molecule has 1 aliphatic heterocycles. The summed E-state index contributed by atoms with van der Waals surface area (Å²) in [6, 6.07) is 0. The first kappa shape index (κ1) is 10.9. The van der Waals surface area contributed by atoms with Gasteiger partial charge in [0, 0.05) is 13.2 Å². The van der Waals surface area contributed by atoms with Crippen LogP contribution in [0.25, 0.3) is 0 Å². The molecule has 4 nitrogen and oxygen atoms in total. The molecule has 4 heteroatoms. The van der Waals surface area contributed by atoms with Crippen LogP contribution in [0.5, 0.6) is 0 Å². The number of hydrogen-bond donors (Lipinski definition) is 2. The predicted octanol–water partition coefficient (Wildman–Crippen LogP) is 1.17. The Labute approximate surface area is 89.2 Å². The van der Waals surface area contributed by atoms with E-state index in [1.807, 2.05) is 0 Å². The first-order valence-electron chi connectivity index (χ1n) is 5.64. The normalized spacial score (nSPS) is 28.9. The molecular formula is C11H18O4. The SMILES string of the molecule is O=C(O)C1(C2(O)CCCC2)CCOCC1. The highest BCUT2D eigenvalue weighted by atomic mass is 16.5. The number of ether oxygens (including phenoxy) is 1. The summed E-state index contributed by atoms with van der Waals surface area (Å²) in [5.74, 6) is -0.852. The van der Waals surface area contributed by atoms with E-state index in [0.29, 0.717) is 38.9 Å². The first-order valence-corrected chi connectivity index (χ1v) is 5.64. The molecule has 2 rings (SSSR count). The highest BCUT2D eigenvalue weighted by Gasteiger charge is 2.57. The van der Waals surface area contributed by atoms with E-state index < -0.39 is 17.0 Å². The third kappa shape index (κ3) is 1.56. The van der Waals surface area contributed by atoms with E-state index in [1.165, 1.54) is 0 Å². The van der Waals surface area contributed by atoms with Crippen molar-refractivity contribution >= 4 is 5.97 Å². The Hall–Kier alpha value is -0.610. The standard InChI is InChI=1S/C11H18O4/c12-9(13)10(5-7-15-8-6-10)11(14)3-1-2-4-11/h14H,1-8H2,(H,12,13). The van der Waals surface area contributed by atoms with Gasteiger partial charge in [0.25, 0.3) is 0 Å². The summed E-state index contributed by atoms with van der Waals surface area (Å²) in [5.41, 5.74) is -1.95. The molecule has 0 radical (unpaired) electrons. The summed E-state index contributed by atoms with van der Waals surface area (Å²) in [6.45, 7) is 0.906. The van der Waals surface area contributed by atoms with Gasteiger partial charge in [0.05, 0.1) is 5.60 Å². The molecule has 2 N–H and O–H groups in total. The van der Waals surface area contributed by atoms with Crippen molar-refractivity contribution < 1.29 is 19.7 Å². The van der Waals surface area contributed by atoms with Gasteiger partial charge < -0.3 is 14.9 Å². The van der Waals surface area contributed by atoms with Crippen LogP contribution in [0.3, 0.4) is 0 Å². The molecule has 86 valence electrons. The Kier molecular flexibility index (Phi) is 2.73. The minimum atomic E-state index is -0.997. The van der Waals surface area contributed by atoms with Crippen LogP contribution in [0.1, 0.15) is 38.5 Å². The number of carboxylic acids is 1. The van der Waals surface area contributed by atoms with Crippen LogP contribution < -0.4 is 0 Å². The fourth-order valence-corrected chi connectivity index (χ4v) is 3.04. The lowest BCUT2D eigenvalue weighted by Crippen LogP contribution is -2.54. The van der Waals surface area contributed by atoms with Gasteiger partial charge in [-0.3, -0.25) is 4.79 Å². The van der Waals surface area contributed by atoms with Crippen molar-refractivity contribution in [1.29, 1.82) is 0 Å². The molecule has 0 amide bonds. The van der Waals surface area contributed by atoms with E-state index in [-0.39, 0.29) is 0 Å². The molecule has 15 heavy (non-hydrogen) atoms. The molecule has 2 aliphatic rings. The lowest BCUT2D eigenvalue weighted by atomic mass is 9.66. The number of carbonyl (C=O) groups is 1. The average molecular weight is 214 g/mol. The minimum Gasteiger partial charge on any atom is -0.481 e. The Balaban J connectivity index is 2.28. The van der Waals surface area contributed by atoms with Gasteiger partial charge in [-0.25, -0.2) is 0 Å². The third-order valence-corrected chi connectivity index (χ3v) is 4.08. The maximum Gasteiger partial charge on any atom is 0.312 e. The van der Waals surface area contributed by atoms with Gasteiger partial charge in [0.15, 0.2) is 0 Å². The van der Waals surface area contributed by atoms with Crippen molar-refractivity contribution in [3.63, 3.8) is 0 Å². The summed E-state index contributed by atoms with van der Waals surface area (Å²) < 4.78 is 5.21. The zero-order valence-electron chi connectivity index (χ0n) is 8.87. The van der Waals surface area contributed by atoms with E-state index in [1.54, 1.807) is 0 Å². The minimum absolute atomic E-state index is 0.443. The molecule has 0 aromatic rings. The predicted molar refractivity (Wildman–Crippen MR) is 53.5 cm³/mol. The fourth-order valence-electron chi connectivity index (χ4n) is 3.04. The van der Waals surface area contributed by atoms with Crippen LogP contribution in [-0.2, 0) is 9.53 Å². The van der Waals surface area contributed by atoms with Crippen LogP contribution in [0, 0.1) is 5.41 Å². The Bertz CT molecular complexity index is 249. The van der Waals surface area contributed by atoms with Gasteiger partial charge in [0.1, 0.15) is 5.41 Å². The first-order chi connectivity index (χ1) is 7.11. The second kappa shape index (κ2) is 3.76.